The van der Waals surface area contributed by atoms with Crippen molar-refractivity contribution in [3.05, 3.63) is 87.9 Å². The molecule has 0 radical (unpaired) electrons. The Bertz CT molecular complexity index is 1200. The maximum Gasteiger partial charge on any atom is 0.407 e. The van der Waals surface area contributed by atoms with Crippen LogP contribution in [0.1, 0.15) is 34.3 Å². The van der Waals surface area contributed by atoms with E-state index >= 15 is 0 Å². The maximum absolute atomic E-state index is 12.6. The molecule has 4 rings (SSSR count). The van der Waals surface area contributed by atoms with Crippen molar-refractivity contribution in [1.82, 2.24) is 5.32 Å². The van der Waals surface area contributed by atoms with Crippen LogP contribution in [0, 0.1) is 0 Å². The smallest absolute Gasteiger partial charge is 0.407 e. The molecule has 0 fully saturated rings. The third-order valence-electron chi connectivity index (χ3n) is 5.56. The van der Waals surface area contributed by atoms with Crippen LogP contribution in [0.3, 0.4) is 0 Å². The third kappa shape index (κ3) is 4.61. The number of halogens is 1. The minimum absolute atomic E-state index is 0.0638. The number of amides is 2. The molecule has 1 unspecified atom stereocenters. The van der Waals surface area contributed by atoms with Crippen LogP contribution in [0.25, 0.3) is 11.1 Å². The van der Waals surface area contributed by atoms with Gasteiger partial charge in [-0.05, 0) is 57.2 Å². The highest BCUT2D eigenvalue weighted by Crippen LogP contribution is 2.44. The Hall–Kier alpha value is -3.65. The van der Waals surface area contributed by atoms with E-state index in [4.69, 9.17) is 4.74 Å². The van der Waals surface area contributed by atoms with Crippen LogP contribution < -0.4 is 10.6 Å². The number of aromatic carboxylic acids is 1. The SMILES string of the molecule is CC(NC(=O)OCC1c2ccccc2-c2ccccc21)C(=O)Nc1c(Br)cccc1C(=O)O. The highest BCUT2D eigenvalue weighted by molar-refractivity contribution is 9.10. The van der Waals surface area contributed by atoms with Crippen molar-refractivity contribution >= 4 is 39.6 Å². The van der Waals surface area contributed by atoms with E-state index in [0.29, 0.717) is 4.47 Å². The van der Waals surface area contributed by atoms with Crippen molar-refractivity contribution in [3.63, 3.8) is 0 Å². The zero-order valence-electron chi connectivity index (χ0n) is 17.7. The van der Waals surface area contributed by atoms with Crippen LogP contribution in [0.4, 0.5) is 10.5 Å². The van der Waals surface area contributed by atoms with Crippen LogP contribution in [0.2, 0.25) is 0 Å². The van der Waals surface area contributed by atoms with Gasteiger partial charge < -0.3 is 20.5 Å². The largest absolute Gasteiger partial charge is 0.478 e. The molecule has 33 heavy (non-hydrogen) atoms. The third-order valence-corrected chi connectivity index (χ3v) is 6.22. The van der Waals surface area contributed by atoms with Gasteiger partial charge in [-0.15, -0.1) is 0 Å². The van der Waals surface area contributed by atoms with E-state index in [1.165, 1.54) is 13.0 Å². The molecule has 0 aliphatic heterocycles. The Labute approximate surface area is 198 Å². The molecule has 0 spiro atoms. The molecule has 0 saturated heterocycles. The summed E-state index contributed by atoms with van der Waals surface area (Å²) in [5.74, 6) is -1.84. The monoisotopic (exact) mass is 508 g/mol. The number of carboxylic acid groups (broad SMARTS) is 1. The standard InChI is InChI=1S/C25H21BrN2O5/c1-14(23(29)28-22-19(24(30)31)11-6-12-21(22)26)27-25(32)33-13-20-17-9-4-2-7-15(17)16-8-3-5-10-18(16)20/h2-12,14,20H,13H2,1H3,(H,27,32)(H,28,29)(H,30,31). The number of alkyl carbamates (subject to hydrolysis) is 1. The Morgan fingerprint density at radius 1 is 0.970 bits per heavy atom. The highest BCUT2D eigenvalue weighted by Gasteiger charge is 2.29. The summed E-state index contributed by atoms with van der Waals surface area (Å²) >= 11 is 3.24. The predicted octanol–water partition coefficient (Wildman–Crippen LogP) is 5.01. The Kier molecular flexibility index (Phi) is 6.46. The number of anilines is 1. The number of benzene rings is 3. The summed E-state index contributed by atoms with van der Waals surface area (Å²) in [6, 6.07) is 19.6. The van der Waals surface area contributed by atoms with Gasteiger partial charge in [0.1, 0.15) is 12.6 Å². The normalized spacial score (nSPS) is 12.9. The first kappa shape index (κ1) is 22.5. The van der Waals surface area contributed by atoms with E-state index in [2.05, 4.69) is 26.6 Å². The molecule has 1 aliphatic rings. The quantitative estimate of drug-likeness (QED) is 0.433. The summed E-state index contributed by atoms with van der Waals surface area (Å²) in [5, 5.41) is 14.4. The molecule has 168 valence electrons. The molecule has 0 bridgehead atoms. The number of rotatable bonds is 6. The molecule has 3 aromatic rings. The Morgan fingerprint density at radius 3 is 2.18 bits per heavy atom. The van der Waals surface area contributed by atoms with Gasteiger partial charge >= 0.3 is 12.1 Å². The molecule has 7 nitrogen and oxygen atoms in total. The average molecular weight is 509 g/mol. The molecule has 3 aromatic carbocycles. The molecule has 0 aromatic heterocycles. The van der Waals surface area contributed by atoms with E-state index in [0.717, 1.165) is 22.3 Å². The molecular weight excluding hydrogens is 488 g/mol. The Morgan fingerprint density at radius 2 is 1.58 bits per heavy atom. The molecule has 0 heterocycles. The number of carbonyl (C=O) groups excluding carboxylic acids is 2. The number of hydrogen-bond donors (Lipinski definition) is 3. The Balaban J connectivity index is 1.39. The van der Waals surface area contributed by atoms with Gasteiger partial charge in [-0.2, -0.15) is 0 Å². The van der Waals surface area contributed by atoms with Gasteiger partial charge in [-0.25, -0.2) is 9.59 Å². The molecule has 8 heteroatoms. The first-order chi connectivity index (χ1) is 15.9. The number of fused-ring (bicyclic) bond motifs is 3. The van der Waals surface area contributed by atoms with Gasteiger partial charge in [0.25, 0.3) is 0 Å². The maximum atomic E-state index is 12.6. The average Bonchev–Trinajstić information content (AvgIpc) is 3.12. The molecule has 2 amide bonds. The summed E-state index contributed by atoms with van der Waals surface area (Å²) < 4.78 is 5.88. The summed E-state index contributed by atoms with van der Waals surface area (Å²) in [6.45, 7) is 1.62. The lowest BCUT2D eigenvalue weighted by molar-refractivity contribution is -0.117. The number of ether oxygens (including phenoxy) is 1. The van der Waals surface area contributed by atoms with E-state index in [9.17, 15) is 19.5 Å². The summed E-state index contributed by atoms with van der Waals surface area (Å²) in [7, 11) is 0. The fraction of sp³-hybridized carbons (Fsp3) is 0.160. The first-order valence-corrected chi connectivity index (χ1v) is 11.1. The fourth-order valence-corrected chi connectivity index (χ4v) is 4.41. The zero-order valence-corrected chi connectivity index (χ0v) is 19.3. The van der Waals surface area contributed by atoms with E-state index in [-0.39, 0.29) is 23.8 Å². The fourth-order valence-electron chi connectivity index (χ4n) is 3.94. The molecule has 3 N–H and O–H groups in total. The van der Waals surface area contributed by atoms with E-state index in [1.54, 1.807) is 12.1 Å². The van der Waals surface area contributed by atoms with Gasteiger partial charge in [-0.3, -0.25) is 4.79 Å². The van der Waals surface area contributed by atoms with E-state index in [1.807, 2.05) is 48.5 Å². The van der Waals surface area contributed by atoms with Gasteiger partial charge in [0.2, 0.25) is 5.91 Å². The van der Waals surface area contributed by atoms with Crippen LogP contribution in [0.5, 0.6) is 0 Å². The second-order valence-corrected chi connectivity index (χ2v) is 8.50. The van der Waals surface area contributed by atoms with Crippen LogP contribution in [0.15, 0.2) is 71.2 Å². The van der Waals surface area contributed by atoms with Gasteiger partial charge in [0.15, 0.2) is 0 Å². The first-order valence-electron chi connectivity index (χ1n) is 10.3. The van der Waals surface area contributed by atoms with Crippen molar-refractivity contribution in [3.8, 4) is 11.1 Å². The predicted molar refractivity (Wildman–Crippen MR) is 127 cm³/mol. The number of hydrogen-bond acceptors (Lipinski definition) is 4. The summed E-state index contributed by atoms with van der Waals surface area (Å²) in [6.07, 6.45) is -0.731. The minimum Gasteiger partial charge on any atom is -0.478 e. The van der Waals surface area contributed by atoms with Gasteiger partial charge in [-0.1, -0.05) is 54.6 Å². The second kappa shape index (κ2) is 9.46. The molecule has 1 aliphatic carbocycles. The minimum atomic E-state index is -1.18. The van der Waals surface area contributed by atoms with Crippen molar-refractivity contribution in [2.24, 2.45) is 0 Å². The van der Waals surface area contributed by atoms with Crippen LogP contribution >= 0.6 is 15.9 Å². The van der Waals surface area contributed by atoms with E-state index < -0.39 is 24.0 Å². The number of carboxylic acids is 1. The zero-order chi connectivity index (χ0) is 23.5. The molecule has 1 atom stereocenters. The van der Waals surface area contributed by atoms with Crippen molar-refractivity contribution in [2.45, 2.75) is 18.9 Å². The number of nitrogens with one attached hydrogen (secondary N) is 2. The summed E-state index contributed by atoms with van der Waals surface area (Å²) in [4.78, 5) is 36.4. The molecule has 0 saturated carbocycles. The van der Waals surface area contributed by atoms with Gasteiger partial charge in [0.05, 0.1) is 11.3 Å². The van der Waals surface area contributed by atoms with Crippen molar-refractivity contribution in [2.75, 3.05) is 11.9 Å². The molecular formula is C25H21BrN2O5. The topological polar surface area (TPSA) is 105 Å². The lowest BCUT2D eigenvalue weighted by Crippen LogP contribution is -2.42. The van der Waals surface area contributed by atoms with Crippen molar-refractivity contribution in [1.29, 1.82) is 0 Å². The van der Waals surface area contributed by atoms with Crippen molar-refractivity contribution < 1.29 is 24.2 Å². The van der Waals surface area contributed by atoms with Gasteiger partial charge in [0, 0.05) is 10.4 Å². The second-order valence-electron chi connectivity index (χ2n) is 7.65. The summed E-state index contributed by atoms with van der Waals surface area (Å²) in [5.41, 5.74) is 4.48. The lowest BCUT2D eigenvalue weighted by atomic mass is 9.98. The van der Waals surface area contributed by atoms with Crippen LogP contribution in [-0.2, 0) is 9.53 Å². The number of para-hydroxylation sites is 1. The van der Waals surface area contributed by atoms with Crippen LogP contribution in [-0.4, -0.2) is 35.7 Å². The highest BCUT2D eigenvalue weighted by atomic mass is 79.9. The number of carbonyl (C=O) groups is 3. The lowest BCUT2D eigenvalue weighted by Gasteiger charge is -2.18.